The Morgan fingerprint density at radius 2 is 1.95 bits per heavy atom. The largest absolute Gasteiger partial charge is 0.383 e. The third-order valence-electron chi connectivity index (χ3n) is 3.10. The summed E-state index contributed by atoms with van der Waals surface area (Å²) in [6.45, 7) is 0. The van der Waals surface area contributed by atoms with Gasteiger partial charge in [0.15, 0.2) is 5.16 Å². The Morgan fingerprint density at radius 3 is 2.62 bits per heavy atom. The number of rotatable bonds is 3. The second-order valence-corrected chi connectivity index (χ2v) is 5.60. The van der Waals surface area contributed by atoms with Gasteiger partial charge in [-0.3, -0.25) is 4.79 Å². The molecule has 1 aromatic heterocycles. The minimum atomic E-state index is -0.307. The molecule has 8 heteroatoms. The number of nitrogens with one attached hydrogen (secondary N) is 2. The second kappa shape index (κ2) is 5.23. The van der Waals surface area contributed by atoms with Gasteiger partial charge >= 0.3 is 0 Å². The van der Waals surface area contributed by atoms with Crippen molar-refractivity contribution < 1.29 is 4.79 Å². The predicted molar refractivity (Wildman–Crippen MR) is 81.9 cm³/mol. The number of aromatic nitrogens is 2. The van der Waals surface area contributed by atoms with Gasteiger partial charge in [-0.25, -0.2) is 9.97 Å². The van der Waals surface area contributed by atoms with Crippen LogP contribution >= 0.6 is 11.8 Å². The third kappa shape index (κ3) is 2.63. The molecular formula is C13H14N6OS. The number of fused-ring (bicyclic) bond motifs is 1. The molecule has 1 aliphatic heterocycles. The van der Waals surface area contributed by atoms with Gasteiger partial charge in [-0.2, -0.15) is 0 Å². The fourth-order valence-electron chi connectivity index (χ4n) is 2.20. The zero-order chi connectivity index (χ0) is 15.0. The lowest BCUT2D eigenvalue weighted by Gasteiger charge is -2.07. The highest BCUT2D eigenvalue weighted by atomic mass is 32.2. The average molecular weight is 302 g/mol. The quantitative estimate of drug-likeness (QED) is 0.624. The van der Waals surface area contributed by atoms with Crippen molar-refractivity contribution >= 4 is 35.0 Å². The number of benzene rings is 1. The molecule has 0 radical (unpaired) electrons. The molecule has 108 valence electrons. The summed E-state index contributed by atoms with van der Waals surface area (Å²) in [5, 5.41) is 6.29. The van der Waals surface area contributed by atoms with Gasteiger partial charge in [0.05, 0.1) is 0 Å². The van der Waals surface area contributed by atoms with E-state index in [0.29, 0.717) is 16.8 Å². The molecule has 21 heavy (non-hydrogen) atoms. The molecule has 2 aromatic rings. The van der Waals surface area contributed by atoms with Gasteiger partial charge in [0, 0.05) is 22.2 Å². The first-order valence-electron chi connectivity index (χ1n) is 6.27. The van der Waals surface area contributed by atoms with Gasteiger partial charge in [-0.1, -0.05) is 6.07 Å². The lowest BCUT2D eigenvalue weighted by molar-refractivity contribution is -0.117. The number of hydrogen-bond donors (Lipinski definition) is 4. The molecule has 1 unspecified atom stereocenters. The van der Waals surface area contributed by atoms with Crippen molar-refractivity contribution in [3.05, 3.63) is 29.8 Å². The van der Waals surface area contributed by atoms with Gasteiger partial charge in [0.2, 0.25) is 5.91 Å². The van der Waals surface area contributed by atoms with Gasteiger partial charge < -0.3 is 22.1 Å². The molecule has 0 aliphatic carbocycles. The van der Waals surface area contributed by atoms with Crippen LogP contribution < -0.4 is 22.1 Å². The Kier molecular flexibility index (Phi) is 3.40. The monoisotopic (exact) mass is 302 g/mol. The maximum Gasteiger partial charge on any atom is 0.246 e. The number of carbonyl (C=O) groups excluding carboxylic acids is 1. The number of amides is 1. The maximum absolute atomic E-state index is 11.8. The standard InChI is InChI=1S/C13H14N6OS/c1-16-11-7-3-2-6(4-8(7)17-12(11)20)21-13-18-9(14)5-10(15)19-13/h2-5,11,16H,1H3,(H,17,20)(H4,14,15,18,19). The molecule has 0 saturated carbocycles. The summed E-state index contributed by atoms with van der Waals surface area (Å²) in [4.78, 5) is 20.9. The van der Waals surface area contributed by atoms with Gasteiger partial charge in [0.25, 0.3) is 0 Å². The zero-order valence-electron chi connectivity index (χ0n) is 11.3. The van der Waals surface area contributed by atoms with Gasteiger partial charge in [-0.15, -0.1) is 0 Å². The number of anilines is 3. The summed E-state index contributed by atoms with van der Waals surface area (Å²) in [5.41, 5.74) is 13.0. The highest BCUT2D eigenvalue weighted by molar-refractivity contribution is 7.99. The van der Waals surface area contributed by atoms with E-state index in [-0.39, 0.29) is 11.9 Å². The molecule has 3 rings (SSSR count). The summed E-state index contributed by atoms with van der Waals surface area (Å²) in [7, 11) is 1.76. The summed E-state index contributed by atoms with van der Waals surface area (Å²) >= 11 is 1.34. The van der Waals surface area contributed by atoms with Crippen LogP contribution in [0.5, 0.6) is 0 Å². The van der Waals surface area contributed by atoms with Crippen LogP contribution in [0.25, 0.3) is 0 Å². The summed E-state index contributed by atoms with van der Waals surface area (Å²) in [5.74, 6) is 0.600. The zero-order valence-corrected chi connectivity index (χ0v) is 12.1. The molecule has 0 saturated heterocycles. The lowest BCUT2D eigenvalue weighted by Crippen LogP contribution is -2.23. The molecule has 1 atom stereocenters. The van der Waals surface area contributed by atoms with Crippen LogP contribution in [0, 0.1) is 0 Å². The number of hydrogen-bond acceptors (Lipinski definition) is 7. The van der Waals surface area contributed by atoms with E-state index in [1.807, 2.05) is 18.2 Å². The van der Waals surface area contributed by atoms with E-state index in [2.05, 4.69) is 20.6 Å². The minimum absolute atomic E-state index is 0.0564. The molecule has 0 bridgehead atoms. The summed E-state index contributed by atoms with van der Waals surface area (Å²) < 4.78 is 0. The van der Waals surface area contributed by atoms with Crippen LogP contribution in [-0.4, -0.2) is 22.9 Å². The van der Waals surface area contributed by atoms with E-state index in [0.717, 1.165) is 16.1 Å². The van der Waals surface area contributed by atoms with E-state index in [1.165, 1.54) is 17.8 Å². The highest BCUT2D eigenvalue weighted by Crippen LogP contribution is 2.35. The van der Waals surface area contributed by atoms with Crippen molar-refractivity contribution in [3.63, 3.8) is 0 Å². The third-order valence-corrected chi connectivity index (χ3v) is 3.95. The fraction of sp³-hybridized carbons (Fsp3) is 0.154. The number of likely N-dealkylation sites (N-methyl/N-ethyl adjacent to an activating group) is 1. The molecule has 1 amide bonds. The maximum atomic E-state index is 11.8. The molecular weight excluding hydrogens is 288 g/mol. The molecule has 1 aliphatic rings. The number of nitrogens with zero attached hydrogens (tertiary/aromatic N) is 2. The SMILES string of the molecule is CNC1C(=O)Nc2cc(Sc3nc(N)cc(N)n3)ccc21. The molecule has 2 heterocycles. The van der Waals surface area contributed by atoms with Crippen molar-refractivity contribution in [3.8, 4) is 0 Å². The topological polar surface area (TPSA) is 119 Å². The van der Waals surface area contributed by atoms with E-state index >= 15 is 0 Å². The van der Waals surface area contributed by atoms with Crippen LogP contribution in [0.15, 0.2) is 34.3 Å². The van der Waals surface area contributed by atoms with Crippen LogP contribution in [0.4, 0.5) is 17.3 Å². The fourth-order valence-corrected chi connectivity index (χ4v) is 3.03. The van der Waals surface area contributed by atoms with Gasteiger partial charge in [-0.05, 0) is 30.9 Å². The minimum Gasteiger partial charge on any atom is -0.383 e. The van der Waals surface area contributed by atoms with Crippen molar-refractivity contribution in [1.82, 2.24) is 15.3 Å². The summed E-state index contributed by atoms with van der Waals surface area (Å²) in [6.07, 6.45) is 0. The smallest absolute Gasteiger partial charge is 0.246 e. The molecule has 7 nitrogen and oxygen atoms in total. The molecule has 1 aromatic carbocycles. The first-order chi connectivity index (χ1) is 10.1. The van der Waals surface area contributed by atoms with Crippen LogP contribution in [0.3, 0.4) is 0 Å². The number of nitrogens with two attached hydrogens (primary N) is 2. The Morgan fingerprint density at radius 1 is 1.24 bits per heavy atom. The van der Waals surface area contributed by atoms with Crippen molar-refractivity contribution in [1.29, 1.82) is 0 Å². The van der Waals surface area contributed by atoms with Crippen LogP contribution in [0.1, 0.15) is 11.6 Å². The lowest BCUT2D eigenvalue weighted by atomic mass is 10.1. The molecule has 0 spiro atoms. The molecule has 0 fully saturated rings. The average Bonchev–Trinajstić information content (AvgIpc) is 2.71. The molecule has 6 N–H and O–H groups in total. The van der Waals surface area contributed by atoms with E-state index in [4.69, 9.17) is 11.5 Å². The van der Waals surface area contributed by atoms with Crippen LogP contribution in [0.2, 0.25) is 0 Å². The van der Waals surface area contributed by atoms with E-state index < -0.39 is 0 Å². The van der Waals surface area contributed by atoms with E-state index in [1.54, 1.807) is 7.05 Å². The van der Waals surface area contributed by atoms with Crippen molar-refractivity contribution in [2.75, 3.05) is 23.8 Å². The summed E-state index contributed by atoms with van der Waals surface area (Å²) in [6, 6.07) is 6.91. The Balaban J connectivity index is 1.88. The second-order valence-electron chi connectivity index (χ2n) is 4.56. The van der Waals surface area contributed by atoms with Crippen LogP contribution in [-0.2, 0) is 4.79 Å². The normalized spacial score (nSPS) is 16.6. The van der Waals surface area contributed by atoms with Gasteiger partial charge in [0.1, 0.15) is 17.7 Å². The van der Waals surface area contributed by atoms with Crippen molar-refractivity contribution in [2.24, 2.45) is 0 Å². The van der Waals surface area contributed by atoms with E-state index in [9.17, 15) is 4.79 Å². The van der Waals surface area contributed by atoms with Crippen molar-refractivity contribution in [2.45, 2.75) is 16.1 Å². The number of carbonyl (C=O) groups is 1. The predicted octanol–water partition coefficient (Wildman–Crippen LogP) is 1.00. The Labute approximate surface area is 125 Å². The Hall–Kier alpha value is -2.32. The first kappa shape index (κ1) is 13.7. The first-order valence-corrected chi connectivity index (χ1v) is 7.08. The number of nitrogen functional groups attached to an aromatic ring is 2. The highest BCUT2D eigenvalue weighted by Gasteiger charge is 2.29. The Bertz CT molecular complexity index is 700.